The minimum atomic E-state index is -1.24. The highest BCUT2D eigenvalue weighted by Crippen LogP contribution is 2.27. The van der Waals surface area contributed by atoms with E-state index in [0.717, 1.165) is 0 Å². The average molecular weight is 191 g/mol. The summed E-state index contributed by atoms with van der Waals surface area (Å²) in [7, 11) is 1.79. The molecule has 0 aromatic heterocycles. The summed E-state index contributed by atoms with van der Waals surface area (Å²) in [5, 5.41) is 31.3. The molecule has 2 atom stereocenters. The predicted molar refractivity (Wildman–Crippen MR) is 51.5 cm³/mol. The minimum absolute atomic E-state index is 0.122. The number of nitrogens with one attached hydrogen (secondary N) is 1. The van der Waals surface area contributed by atoms with Crippen LogP contribution < -0.4 is 5.32 Å². The Hall–Kier alpha value is -0.160. The molecule has 0 rings (SSSR count). The van der Waals surface area contributed by atoms with Crippen LogP contribution in [0.4, 0.5) is 0 Å². The lowest BCUT2D eigenvalue weighted by atomic mass is 9.81. The van der Waals surface area contributed by atoms with Gasteiger partial charge in [-0.2, -0.15) is 0 Å². The molecular weight excluding hydrogens is 170 g/mol. The van der Waals surface area contributed by atoms with Crippen molar-refractivity contribution in [2.45, 2.75) is 37.9 Å². The van der Waals surface area contributed by atoms with Crippen molar-refractivity contribution in [3.05, 3.63) is 0 Å². The Morgan fingerprint density at radius 3 is 1.92 bits per heavy atom. The smallest absolute Gasteiger partial charge is 0.0925 e. The summed E-state index contributed by atoms with van der Waals surface area (Å²) in [6, 6.07) is 0. The highest BCUT2D eigenvalue weighted by Gasteiger charge is 2.40. The summed E-state index contributed by atoms with van der Waals surface area (Å²) < 4.78 is 0. The van der Waals surface area contributed by atoms with Gasteiger partial charge in [-0.05, 0) is 33.9 Å². The number of aliphatic hydroxyl groups is 3. The molecular formula is C9H21NO3. The minimum Gasteiger partial charge on any atom is -0.396 e. The quantitative estimate of drug-likeness (QED) is 0.456. The largest absolute Gasteiger partial charge is 0.396 e. The molecule has 0 aromatic carbocycles. The van der Waals surface area contributed by atoms with E-state index >= 15 is 0 Å². The molecule has 0 spiro atoms. The fourth-order valence-corrected chi connectivity index (χ4v) is 1.12. The summed E-state index contributed by atoms with van der Waals surface area (Å²) in [6.45, 7) is 3.64. The zero-order valence-electron chi connectivity index (χ0n) is 8.67. The first kappa shape index (κ1) is 12.8. The first-order chi connectivity index (χ1) is 5.87. The Bertz CT molecular complexity index is 146. The number of aliphatic hydroxyl groups excluding tert-OH is 1. The normalized spacial score (nSPS) is 20.8. The van der Waals surface area contributed by atoms with Crippen molar-refractivity contribution in [2.24, 2.45) is 0 Å². The van der Waals surface area contributed by atoms with E-state index in [0.29, 0.717) is 13.0 Å². The van der Waals surface area contributed by atoms with E-state index in [2.05, 4.69) is 5.32 Å². The summed E-state index contributed by atoms with van der Waals surface area (Å²) in [4.78, 5) is 0. The molecule has 80 valence electrons. The van der Waals surface area contributed by atoms with Crippen LogP contribution >= 0.6 is 0 Å². The second-order valence-electron chi connectivity index (χ2n) is 3.87. The van der Waals surface area contributed by atoms with Crippen LogP contribution in [0.5, 0.6) is 0 Å². The molecule has 4 N–H and O–H groups in total. The topological polar surface area (TPSA) is 72.7 Å². The van der Waals surface area contributed by atoms with Gasteiger partial charge in [-0.25, -0.2) is 0 Å². The zero-order chi connectivity index (χ0) is 10.5. The molecule has 4 nitrogen and oxygen atoms in total. The molecule has 0 aliphatic rings. The van der Waals surface area contributed by atoms with E-state index in [-0.39, 0.29) is 13.0 Å². The van der Waals surface area contributed by atoms with Crippen molar-refractivity contribution in [3.8, 4) is 0 Å². The fourth-order valence-electron chi connectivity index (χ4n) is 1.12. The third kappa shape index (κ3) is 3.60. The molecule has 0 aliphatic heterocycles. The lowest BCUT2D eigenvalue weighted by Crippen LogP contribution is -2.51. The number of hydrogen-bond acceptors (Lipinski definition) is 4. The maximum absolute atomic E-state index is 9.90. The van der Waals surface area contributed by atoms with Gasteiger partial charge >= 0.3 is 0 Å². The lowest BCUT2D eigenvalue weighted by Gasteiger charge is -2.38. The molecule has 0 aromatic rings. The lowest BCUT2D eigenvalue weighted by molar-refractivity contribution is -0.142. The van der Waals surface area contributed by atoms with E-state index in [1.807, 2.05) is 0 Å². The van der Waals surface area contributed by atoms with Crippen molar-refractivity contribution in [1.29, 1.82) is 0 Å². The molecule has 0 saturated heterocycles. The molecule has 2 unspecified atom stereocenters. The SMILES string of the molecule is CNCCC(C)(O)C(C)(O)CCO. The van der Waals surface area contributed by atoms with Gasteiger partial charge in [0.2, 0.25) is 0 Å². The van der Waals surface area contributed by atoms with Gasteiger partial charge in [0, 0.05) is 13.0 Å². The third-order valence-corrected chi connectivity index (χ3v) is 2.62. The van der Waals surface area contributed by atoms with E-state index in [9.17, 15) is 10.2 Å². The Kier molecular flexibility index (Phi) is 4.85. The average Bonchev–Trinajstić information content (AvgIpc) is 2.00. The molecule has 0 heterocycles. The maximum atomic E-state index is 9.90. The van der Waals surface area contributed by atoms with Gasteiger partial charge in [0.1, 0.15) is 0 Å². The van der Waals surface area contributed by atoms with Gasteiger partial charge < -0.3 is 20.6 Å². The Labute approximate surface area is 79.6 Å². The molecule has 4 heteroatoms. The number of rotatable bonds is 6. The van der Waals surface area contributed by atoms with E-state index < -0.39 is 11.2 Å². The monoisotopic (exact) mass is 191 g/mol. The van der Waals surface area contributed by atoms with Crippen LogP contribution in [0.15, 0.2) is 0 Å². The van der Waals surface area contributed by atoms with Gasteiger partial charge in [-0.3, -0.25) is 0 Å². The molecule has 0 aliphatic carbocycles. The predicted octanol–water partition coefficient (Wildman–Crippen LogP) is -0.520. The van der Waals surface area contributed by atoms with E-state index in [1.165, 1.54) is 0 Å². The third-order valence-electron chi connectivity index (χ3n) is 2.62. The van der Waals surface area contributed by atoms with Gasteiger partial charge in [-0.15, -0.1) is 0 Å². The molecule has 0 saturated carbocycles. The first-order valence-electron chi connectivity index (χ1n) is 4.57. The van der Waals surface area contributed by atoms with Crippen LogP contribution in [0.2, 0.25) is 0 Å². The highest BCUT2D eigenvalue weighted by atomic mass is 16.4. The van der Waals surface area contributed by atoms with E-state index in [4.69, 9.17) is 5.11 Å². The maximum Gasteiger partial charge on any atom is 0.0925 e. The Morgan fingerprint density at radius 1 is 1.08 bits per heavy atom. The zero-order valence-corrected chi connectivity index (χ0v) is 8.67. The fraction of sp³-hybridized carbons (Fsp3) is 1.00. The van der Waals surface area contributed by atoms with Gasteiger partial charge in [0.25, 0.3) is 0 Å². The van der Waals surface area contributed by atoms with Crippen LogP contribution in [0, 0.1) is 0 Å². The van der Waals surface area contributed by atoms with Gasteiger partial charge in [0.15, 0.2) is 0 Å². The Morgan fingerprint density at radius 2 is 1.54 bits per heavy atom. The first-order valence-corrected chi connectivity index (χ1v) is 4.57. The summed E-state index contributed by atoms with van der Waals surface area (Å²) in [6.07, 6.45) is 0.639. The van der Waals surface area contributed by atoms with Crippen LogP contribution in [-0.4, -0.2) is 46.7 Å². The molecule has 0 fully saturated rings. The van der Waals surface area contributed by atoms with Crippen molar-refractivity contribution >= 4 is 0 Å². The van der Waals surface area contributed by atoms with Crippen molar-refractivity contribution in [1.82, 2.24) is 5.32 Å². The van der Waals surface area contributed by atoms with Crippen molar-refractivity contribution in [2.75, 3.05) is 20.2 Å². The molecule has 0 radical (unpaired) electrons. The van der Waals surface area contributed by atoms with Crippen LogP contribution in [0.3, 0.4) is 0 Å². The van der Waals surface area contributed by atoms with Gasteiger partial charge in [0.05, 0.1) is 11.2 Å². The second kappa shape index (κ2) is 4.91. The Balaban J connectivity index is 4.22. The van der Waals surface area contributed by atoms with Crippen LogP contribution in [0.1, 0.15) is 26.7 Å². The molecule has 13 heavy (non-hydrogen) atoms. The summed E-state index contributed by atoms with van der Waals surface area (Å²) in [5.41, 5.74) is -2.41. The summed E-state index contributed by atoms with van der Waals surface area (Å²) >= 11 is 0. The molecule has 0 bridgehead atoms. The standard InChI is InChI=1S/C9H21NO3/c1-8(12,4-6-10-3)9(2,13)5-7-11/h10-13H,4-7H2,1-3H3. The van der Waals surface area contributed by atoms with Crippen LogP contribution in [0.25, 0.3) is 0 Å². The number of hydrogen-bond donors (Lipinski definition) is 4. The highest BCUT2D eigenvalue weighted by molar-refractivity contribution is 4.93. The van der Waals surface area contributed by atoms with Crippen molar-refractivity contribution in [3.63, 3.8) is 0 Å². The molecule has 0 amide bonds. The van der Waals surface area contributed by atoms with Crippen molar-refractivity contribution < 1.29 is 15.3 Å². The van der Waals surface area contributed by atoms with Crippen LogP contribution in [-0.2, 0) is 0 Å². The van der Waals surface area contributed by atoms with Gasteiger partial charge in [-0.1, -0.05) is 0 Å². The summed E-state index contributed by atoms with van der Waals surface area (Å²) in [5.74, 6) is 0. The second-order valence-corrected chi connectivity index (χ2v) is 3.87. The van der Waals surface area contributed by atoms with E-state index in [1.54, 1.807) is 20.9 Å².